The van der Waals surface area contributed by atoms with Crippen molar-refractivity contribution in [3.05, 3.63) is 69.7 Å². The Morgan fingerprint density at radius 1 is 1.10 bits per heavy atom. The molecule has 1 unspecified atom stereocenters. The molecule has 0 fully saturated rings. The van der Waals surface area contributed by atoms with Crippen molar-refractivity contribution >= 4 is 17.6 Å². The van der Waals surface area contributed by atoms with E-state index in [1.54, 1.807) is 12.1 Å². The third kappa shape index (κ3) is 3.40. The van der Waals surface area contributed by atoms with E-state index in [4.69, 9.17) is 11.6 Å². The van der Waals surface area contributed by atoms with Crippen LogP contribution < -0.4 is 0 Å². The van der Waals surface area contributed by atoms with Crippen LogP contribution in [0.4, 0.5) is 0 Å². The van der Waals surface area contributed by atoms with Gasteiger partial charge in [-0.05, 0) is 54.7 Å². The Balaban J connectivity index is 2.29. The van der Waals surface area contributed by atoms with Gasteiger partial charge in [-0.25, -0.2) is 0 Å². The largest absolute Gasteiger partial charge is 0.481 e. The lowest BCUT2D eigenvalue weighted by Gasteiger charge is -2.14. The maximum Gasteiger partial charge on any atom is 0.311 e. The summed E-state index contributed by atoms with van der Waals surface area (Å²) in [5.74, 6) is -1.33. The molecular weight excluding hydrogens is 272 g/mol. The summed E-state index contributed by atoms with van der Waals surface area (Å²) in [6, 6.07) is 13.2. The minimum atomic E-state index is -0.803. The summed E-state index contributed by atoms with van der Waals surface area (Å²) in [6.07, 6.45) is 0.467. The Kier molecular flexibility index (Phi) is 4.46. The number of benzene rings is 2. The van der Waals surface area contributed by atoms with Gasteiger partial charge in [-0.1, -0.05) is 41.9 Å². The van der Waals surface area contributed by atoms with Crippen LogP contribution in [0.25, 0.3) is 0 Å². The number of carboxylic acid groups (broad SMARTS) is 1. The van der Waals surface area contributed by atoms with E-state index < -0.39 is 11.9 Å². The topological polar surface area (TPSA) is 37.3 Å². The molecule has 0 heterocycles. The van der Waals surface area contributed by atoms with Gasteiger partial charge in [0.15, 0.2) is 0 Å². The molecule has 2 aromatic carbocycles. The first-order chi connectivity index (χ1) is 9.47. The van der Waals surface area contributed by atoms with Crippen molar-refractivity contribution in [2.45, 2.75) is 26.2 Å². The van der Waals surface area contributed by atoms with Gasteiger partial charge >= 0.3 is 5.97 Å². The first kappa shape index (κ1) is 14.6. The number of carbonyl (C=O) groups is 1. The Labute approximate surface area is 124 Å². The lowest BCUT2D eigenvalue weighted by atomic mass is 9.90. The highest BCUT2D eigenvalue weighted by Gasteiger charge is 2.20. The minimum absolute atomic E-state index is 0.467. The summed E-state index contributed by atoms with van der Waals surface area (Å²) in [5, 5.41) is 10.1. The predicted molar refractivity (Wildman–Crippen MR) is 81.4 cm³/mol. The molecule has 0 spiro atoms. The number of carboxylic acids is 1. The Bertz CT molecular complexity index is 617. The number of rotatable bonds is 4. The van der Waals surface area contributed by atoms with Crippen LogP contribution in [0.15, 0.2) is 42.5 Å². The smallest absolute Gasteiger partial charge is 0.311 e. The molecule has 3 heteroatoms. The SMILES string of the molecule is Cc1ccc(C(Cc2ccc(Cl)cc2)C(=O)O)cc1C. The molecule has 0 bridgehead atoms. The van der Waals surface area contributed by atoms with Gasteiger partial charge in [-0.2, -0.15) is 0 Å². The molecule has 0 aliphatic rings. The van der Waals surface area contributed by atoms with Crippen molar-refractivity contribution in [2.24, 2.45) is 0 Å². The van der Waals surface area contributed by atoms with Gasteiger partial charge in [0.25, 0.3) is 0 Å². The van der Waals surface area contributed by atoms with Gasteiger partial charge in [-0.3, -0.25) is 4.79 Å². The zero-order valence-corrected chi connectivity index (χ0v) is 12.3. The van der Waals surface area contributed by atoms with Crippen molar-refractivity contribution < 1.29 is 9.90 Å². The zero-order chi connectivity index (χ0) is 14.7. The minimum Gasteiger partial charge on any atom is -0.481 e. The number of hydrogen-bond donors (Lipinski definition) is 1. The van der Waals surface area contributed by atoms with Gasteiger partial charge in [-0.15, -0.1) is 0 Å². The highest BCUT2D eigenvalue weighted by molar-refractivity contribution is 6.30. The van der Waals surface area contributed by atoms with E-state index in [2.05, 4.69) is 0 Å². The second-order valence-electron chi connectivity index (χ2n) is 5.07. The van der Waals surface area contributed by atoms with Gasteiger partial charge in [0.05, 0.1) is 5.92 Å². The third-order valence-electron chi connectivity index (χ3n) is 3.58. The van der Waals surface area contributed by atoms with Crippen molar-refractivity contribution in [3.8, 4) is 0 Å². The van der Waals surface area contributed by atoms with Crippen molar-refractivity contribution in [1.82, 2.24) is 0 Å². The summed E-state index contributed by atoms with van der Waals surface area (Å²) in [7, 11) is 0. The molecule has 0 radical (unpaired) electrons. The highest BCUT2D eigenvalue weighted by Crippen LogP contribution is 2.24. The van der Waals surface area contributed by atoms with Crippen LogP contribution in [0, 0.1) is 13.8 Å². The number of halogens is 1. The molecule has 0 saturated carbocycles. The molecule has 1 N–H and O–H groups in total. The standard InChI is InChI=1S/C17H17ClO2/c1-11-3-6-14(9-12(11)2)16(17(19)20)10-13-4-7-15(18)8-5-13/h3-9,16H,10H2,1-2H3,(H,19,20). The lowest BCUT2D eigenvalue weighted by Crippen LogP contribution is -2.14. The number of aliphatic carboxylic acids is 1. The van der Waals surface area contributed by atoms with E-state index >= 15 is 0 Å². The fraction of sp³-hybridized carbons (Fsp3) is 0.235. The fourth-order valence-corrected chi connectivity index (χ4v) is 2.31. The first-order valence-electron chi connectivity index (χ1n) is 6.52. The maximum atomic E-state index is 11.5. The van der Waals surface area contributed by atoms with Crippen LogP contribution in [-0.2, 0) is 11.2 Å². The van der Waals surface area contributed by atoms with Crippen molar-refractivity contribution in [2.75, 3.05) is 0 Å². The molecule has 104 valence electrons. The fourth-order valence-electron chi connectivity index (χ4n) is 2.19. The molecule has 1 atom stereocenters. The van der Waals surface area contributed by atoms with Gasteiger partial charge in [0, 0.05) is 5.02 Å². The molecule has 0 amide bonds. The average molecular weight is 289 g/mol. The number of aryl methyl sites for hydroxylation is 2. The molecule has 2 aromatic rings. The molecule has 2 rings (SSSR count). The first-order valence-corrected chi connectivity index (χ1v) is 6.89. The third-order valence-corrected chi connectivity index (χ3v) is 3.84. The Morgan fingerprint density at radius 2 is 1.75 bits per heavy atom. The van der Waals surface area contributed by atoms with Crippen LogP contribution in [0.5, 0.6) is 0 Å². The highest BCUT2D eigenvalue weighted by atomic mass is 35.5. The zero-order valence-electron chi connectivity index (χ0n) is 11.6. The van der Waals surface area contributed by atoms with Crippen LogP contribution in [0.3, 0.4) is 0 Å². The molecule has 0 aliphatic heterocycles. The summed E-state index contributed by atoms with van der Waals surface area (Å²) in [4.78, 5) is 11.5. The normalized spacial score (nSPS) is 12.2. The molecule has 2 nitrogen and oxygen atoms in total. The lowest BCUT2D eigenvalue weighted by molar-refractivity contribution is -0.138. The van der Waals surface area contributed by atoms with Crippen LogP contribution in [0.1, 0.15) is 28.2 Å². The van der Waals surface area contributed by atoms with Crippen LogP contribution in [0.2, 0.25) is 5.02 Å². The second kappa shape index (κ2) is 6.10. The van der Waals surface area contributed by atoms with Gasteiger partial charge < -0.3 is 5.11 Å². The average Bonchev–Trinajstić information content (AvgIpc) is 2.41. The molecule has 0 aromatic heterocycles. The van der Waals surface area contributed by atoms with Crippen LogP contribution >= 0.6 is 11.6 Å². The Morgan fingerprint density at radius 3 is 2.30 bits per heavy atom. The van der Waals surface area contributed by atoms with Gasteiger partial charge in [0.2, 0.25) is 0 Å². The van der Waals surface area contributed by atoms with E-state index in [1.165, 1.54) is 5.56 Å². The number of hydrogen-bond acceptors (Lipinski definition) is 1. The summed E-state index contributed by atoms with van der Waals surface area (Å²) < 4.78 is 0. The van der Waals surface area contributed by atoms with Gasteiger partial charge in [0.1, 0.15) is 0 Å². The summed E-state index contributed by atoms with van der Waals surface area (Å²) >= 11 is 5.85. The molecule has 0 saturated heterocycles. The molecular formula is C17H17ClO2. The van der Waals surface area contributed by atoms with Crippen LogP contribution in [-0.4, -0.2) is 11.1 Å². The van der Waals surface area contributed by atoms with E-state index in [-0.39, 0.29) is 0 Å². The molecule has 0 aliphatic carbocycles. The van der Waals surface area contributed by atoms with Crippen molar-refractivity contribution in [3.63, 3.8) is 0 Å². The van der Waals surface area contributed by atoms with Crippen molar-refractivity contribution in [1.29, 1.82) is 0 Å². The predicted octanol–water partition coefficient (Wildman–Crippen LogP) is 4.37. The van der Waals surface area contributed by atoms with E-state index in [9.17, 15) is 9.90 Å². The Hall–Kier alpha value is -1.80. The van der Waals surface area contributed by atoms with E-state index in [0.29, 0.717) is 11.4 Å². The molecule has 20 heavy (non-hydrogen) atoms. The summed E-state index contributed by atoms with van der Waals surface area (Å²) in [5.41, 5.74) is 4.10. The monoisotopic (exact) mass is 288 g/mol. The van der Waals surface area contributed by atoms with E-state index in [1.807, 2.05) is 44.2 Å². The quantitative estimate of drug-likeness (QED) is 0.907. The summed E-state index contributed by atoms with van der Waals surface area (Å²) in [6.45, 7) is 4.02. The van der Waals surface area contributed by atoms with E-state index in [0.717, 1.165) is 16.7 Å². The second-order valence-corrected chi connectivity index (χ2v) is 5.50. The maximum absolute atomic E-state index is 11.5.